The minimum absolute atomic E-state index is 0.0845. The molecule has 0 fully saturated rings. The first kappa shape index (κ1) is 19.8. The molecule has 0 spiro atoms. The summed E-state index contributed by atoms with van der Waals surface area (Å²) in [5, 5.41) is 24.2. The number of nitro benzene ring substituents is 2. The molecule has 2 aromatic carbocycles. The SMILES string of the molecule is C[C@H](OC(=O)c1cc(Cl)ccc1[N+](=O)[O-])C(=O)Nc1cccc([N+](=O)[O-])c1. The second-order valence-corrected chi connectivity index (χ2v) is 5.70. The number of rotatable bonds is 6. The second kappa shape index (κ2) is 8.23. The van der Waals surface area contributed by atoms with Crippen molar-refractivity contribution in [1.29, 1.82) is 0 Å². The van der Waals surface area contributed by atoms with Crippen molar-refractivity contribution in [3.05, 3.63) is 73.3 Å². The highest BCUT2D eigenvalue weighted by Crippen LogP contribution is 2.24. The van der Waals surface area contributed by atoms with Crippen LogP contribution in [0.1, 0.15) is 17.3 Å². The van der Waals surface area contributed by atoms with Crippen LogP contribution in [0.5, 0.6) is 0 Å². The number of nitrogens with zero attached hydrogens (tertiary/aromatic N) is 2. The van der Waals surface area contributed by atoms with Gasteiger partial charge in [0.25, 0.3) is 17.3 Å². The first-order valence-electron chi connectivity index (χ1n) is 7.39. The van der Waals surface area contributed by atoms with Crippen LogP contribution in [0.4, 0.5) is 17.1 Å². The van der Waals surface area contributed by atoms with Gasteiger partial charge in [-0.25, -0.2) is 4.79 Å². The average Bonchev–Trinajstić information content (AvgIpc) is 2.61. The van der Waals surface area contributed by atoms with E-state index in [0.29, 0.717) is 0 Å². The zero-order chi connectivity index (χ0) is 20.1. The minimum atomic E-state index is -1.32. The summed E-state index contributed by atoms with van der Waals surface area (Å²) in [6.45, 7) is 1.25. The number of hydrogen-bond donors (Lipinski definition) is 1. The molecule has 10 nitrogen and oxygen atoms in total. The number of carbonyl (C=O) groups excluding carboxylic acids is 2. The molecule has 140 valence electrons. The quantitative estimate of drug-likeness (QED) is 0.450. The van der Waals surface area contributed by atoms with Crippen LogP contribution >= 0.6 is 11.6 Å². The molecule has 2 aromatic rings. The van der Waals surface area contributed by atoms with Gasteiger partial charge in [-0.2, -0.15) is 0 Å². The second-order valence-electron chi connectivity index (χ2n) is 5.26. The molecule has 0 heterocycles. The lowest BCUT2D eigenvalue weighted by atomic mass is 10.2. The van der Waals surface area contributed by atoms with Crippen molar-refractivity contribution < 1.29 is 24.2 Å². The summed E-state index contributed by atoms with van der Waals surface area (Å²) in [6.07, 6.45) is -1.32. The molecule has 0 aromatic heterocycles. The molecule has 2 rings (SSSR count). The lowest BCUT2D eigenvalue weighted by Gasteiger charge is -2.13. The van der Waals surface area contributed by atoms with E-state index in [1.807, 2.05) is 0 Å². The van der Waals surface area contributed by atoms with Crippen molar-refractivity contribution in [2.45, 2.75) is 13.0 Å². The molecular formula is C16H12ClN3O7. The van der Waals surface area contributed by atoms with E-state index in [1.54, 1.807) is 0 Å². The fourth-order valence-corrected chi connectivity index (χ4v) is 2.22. The highest BCUT2D eigenvalue weighted by atomic mass is 35.5. The summed E-state index contributed by atoms with van der Waals surface area (Å²) >= 11 is 5.75. The normalized spacial score (nSPS) is 11.3. The number of non-ortho nitro benzene ring substituents is 1. The van der Waals surface area contributed by atoms with Crippen molar-refractivity contribution >= 4 is 40.5 Å². The van der Waals surface area contributed by atoms with E-state index >= 15 is 0 Å². The molecule has 1 amide bonds. The molecular weight excluding hydrogens is 382 g/mol. The Kier molecular flexibility index (Phi) is 6.03. The Morgan fingerprint density at radius 2 is 1.81 bits per heavy atom. The Morgan fingerprint density at radius 3 is 2.44 bits per heavy atom. The topological polar surface area (TPSA) is 142 Å². The van der Waals surface area contributed by atoms with Crippen molar-refractivity contribution in [2.24, 2.45) is 0 Å². The molecule has 0 aliphatic rings. The van der Waals surface area contributed by atoms with Gasteiger partial charge in [0, 0.05) is 28.9 Å². The van der Waals surface area contributed by atoms with E-state index in [-0.39, 0.29) is 16.4 Å². The Labute approximate surface area is 157 Å². The van der Waals surface area contributed by atoms with Gasteiger partial charge in [-0.1, -0.05) is 17.7 Å². The number of benzene rings is 2. The number of amides is 1. The Balaban J connectivity index is 2.11. The third kappa shape index (κ3) is 4.98. The van der Waals surface area contributed by atoms with Crippen LogP contribution in [-0.2, 0) is 9.53 Å². The van der Waals surface area contributed by atoms with Crippen LogP contribution in [0.15, 0.2) is 42.5 Å². The highest BCUT2D eigenvalue weighted by Gasteiger charge is 2.26. The molecule has 0 radical (unpaired) electrons. The van der Waals surface area contributed by atoms with Crippen LogP contribution in [-0.4, -0.2) is 27.8 Å². The van der Waals surface area contributed by atoms with Crippen LogP contribution in [0, 0.1) is 20.2 Å². The number of carbonyl (C=O) groups is 2. The lowest BCUT2D eigenvalue weighted by Crippen LogP contribution is -2.30. The number of nitrogens with one attached hydrogen (secondary N) is 1. The van der Waals surface area contributed by atoms with Gasteiger partial charge >= 0.3 is 5.97 Å². The van der Waals surface area contributed by atoms with E-state index in [0.717, 1.165) is 18.2 Å². The molecule has 1 atom stereocenters. The number of hydrogen-bond acceptors (Lipinski definition) is 7. The number of nitro groups is 2. The Bertz CT molecular complexity index is 932. The standard InChI is InChI=1S/C16H12ClN3O7/c1-9(15(21)18-11-3-2-4-12(8-11)19(23)24)27-16(22)13-7-10(17)5-6-14(13)20(25)26/h2-9H,1H3,(H,18,21)/t9-/m0/s1. The average molecular weight is 394 g/mol. The molecule has 1 N–H and O–H groups in total. The summed E-state index contributed by atoms with van der Waals surface area (Å²) in [5.41, 5.74) is -1.02. The molecule has 0 unspecified atom stereocenters. The van der Waals surface area contributed by atoms with Gasteiger partial charge in [0.15, 0.2) is 6.10 Å². The monoisotopic (exact) mass is 393 g/mol. The van der Waals surface area contributed by atoms with Gasteiger partial charge in [0.2, 0.25) is 0 Å². The van der Waals surface area contributed by atoms with E-state index < -0.39 is 39.1 Å². The molecule has 0 saturated heterocycles. The maximum Gasteiger partial charge on any atom is 0.345 e. The smallest absolute Gasteiger partial charge is 0.345 e. The zero-order valence-corrected chi connectivity index (χ0v) is 14.5. The predicted molar refractivity (Wildman–Crippen MR) is 94.7 cm³/mol. The molecule has 0 aliphatic heterocycles. The van der Waals surface area contributed by atoms with Crippen molar-refractivity contribution in [3.8, 4) is 0 Å². The van der Waals surface area contributed by atoms with Crippen LogP contribution in [0.25, 0.3) is 0 Å². The fourth-order valence-electron chi connectivity index (χ4n) is 2.05. The number of esters is 1. The first-order chi connectivity index (χ1) is 12.7. The van der Waals surface area contributed by atoms with Gasteiger partial charge < -0.3 is 10.1 Å². The number of halogens is 1. The summed E-state index contributed by atoms with van der Waals surface area (Å²) in [6, 6.07) is 8.53. The maximum absolute atomic E-state index is 12.2. The van der Waals surface area contributed by atoms with Crippen molar-refractivity contribution in [1.82, 2.24) is 0 Å². The van der Waals surface area contributed by atoms with Crippen molar-refractivity contribution in [3.63, 3.8) is 0 Å². The van der Waals surface area contributed by atoms with E-state index in [1.165, 1.54) is 31.2 Å². The van der Waals surface area contributed by atoms with E-state index in [4.69, 9.17) is 16.3 Å². The number of anilines is 1. The number of ether oxygens (including phenoxy) is 1. The third-order valence-corrected chi connectivity index (χ3v) is 3.59. The van der Waals surface area contributed by atoms with E-state index in [2.05, 4.69) is 5.32 Å². The molecule has 27 heavy (non-hydrogen) atoms. The highest BCUT2D eigenvalue weighted by molar-refractivity contribution is 6.31. The summed E-state index contributed by atoms with van der Waals surface area (Å²) in [5.74, 6) is -1.88. The molecule has 0 saturated carbocycles. The largest absolute Gasteiger partial charge is 0.449 e. The van der Waals surface area contributed by atoms with Crippen LogP contribution in [0.3, 0.4) is 0 Å². The fraction of sp³-hybridized carbons (Fsp3) is 0.125. The van der Waals surface area contributed by atoms with Gasteiger partial charge in [0.05, 0.1) is 9.85 Å². The van der Waals surface area contributed by atoms with Gasteiger partial charge in [-0.15, -0.1) is 0 Å². The van der Waals surface area contributed by atoms with Crippen molar-refractivity contribution in [2.75, 3.05) is 5.32 Å². The summed E-state index contributed by atoms with van der Waals surface area (Å²) in [7, 11) is 0. The Hall–Kier alpha value is -3.53. The third-order valence-electron chi connectivity index (χ3n) is 3.35. The first-order valence-corrected chi connectivity index (χ1v) is 7.77. The predicted octanol–water partition coefficient (Wildman–Crippen LogP) is 3.34. The molecule has 11 heteroatoms. The van der Waals surface area contributed by atoms with Gasteiger partial charge in [0.1, 0.15) is 5.56 Å². The summed E-state index contributed by atoms with van der Waals surface area (Å²) < 4.78 is 4.95. The maximum atomic E-state index is 12.2. The van der Waals surface area contributed by atoms with Gasteiger partial charge in [-0.05, 0) is 25.1 Å². The summed E-state index contributed by atoms with van der Waals surface area (Å²) in [4.78, 5) is 44.7. The Morgan fingerprint density at radius 1 is 1.11 bits per heavy atom. The van der Waals surface area contributed by atoms with E-state index in [9.17, 15) is 29.8 Å². The van der Waals surface area contributed by atoms with Crippen LogP contribution in [0.2, 0.25) is 5.02 Å². The molecule has 0 aliphatic carbocycles. The zero-order valence-electron chi connectivity index (χ0n) is 13.7. The minimum Gasteiger partial charge on any atom is -0.449 e. The van der Waals surface area contributed by atoms with Gasteiger partial charge in [-0.3, -0.25) is 25.0 Å². The lowest BCUT2D eigenvalue weighted by molar-refractivity contribution is -0.385. The molecule has 0 bridgehead atoms. The van der Waals surface area contributed by atoms with Crippen LogP contribution < -0.4 is 5.32 Å².